The number of carbonyl (C=O) groups excluding carboxylic acids is 1. The molecule has 7 heteroatoms. The molecule has 21 heavy (non-hydrogen) atoms. The molecule has 1 heterocycles. The zero-order valence-corrected chi connectivity index (χ0v) is 11.9. The van der Waals surface area contributed by atoms with Crippen LogP contribution < -0.4 is 5.32 Å². The normalized spacial score (nSPS) is 10.2. The van der Waals surface area contributed by atoms with E-state index in [1.807, 2.05) is 13.0 Å². The second kappa shape index (κ2) is 6.32. The summed E-state index contributed by atoms with van der Waals surface area (Å²) in [7, 11) is 0. The van der Waals surface area contributed by atoms with Crippen molar-refractivity contribution >= 4 is 23.2 Å². The van der Waals surface area contributed by atoms with Gasteiger partial charge in [-0.1, -0.05) is 17.7 Å². The lowest BCUT2D eigenvalue weighted by molar-refractivity contribution is -0.384. The van der Waals surface area contributed by atoms with Gasteiger partial charge >= 0.3 is 0 Å². The molecule has 0 atom stereocenters. The zero-order chi connectivity index (χ0) is 15.4. The third-order valence-corrected chi connectivity index (χ3v) is 3.40. The maximum Gasteiger partial charge on any atom is 0.288 e. The average Bonchev–Trinajstić information content (AvgIpc) is 2.46. The second-order valence-electron chi connectivity index (χ2n) is 4.38. The van der Waals surface area contributed by atoms with Crippen LogP contribution in [0.25, 0.3) is 0 Å². The number of halogens is 1. The maximum absolute atomic E-state index is 12.1. The Balaban J connectivity index is 2.16. The van der Waals surface area contributed by atoms with Gasteiger partial charge in [-0.05, 0) is 30.2 Å². The number of nitro groups is 1. The number of nitrogens with zero attached hydrogens (tertiary/aromatic N) is 2. The fourth-order valence-electron chi connectivity index (χ4n) is 1.79. The fourth-order valence-corrected chi connectivity index (χ4v) is 2.07. The summed E-state index contributed by atoms with van der Waals surface area (Å²) in [5, 5.41) is 13.3. The van der Waals surface area contributed by atoms with Gasteiger partial charge in [-0.2, -0.15) is 0 Å². The Labute approximate surface area is 125 Å². The van der Waals surface area contributed by atoms with Crippen molar-refractivity contribution in [3.8, 4) is 0 Å². The molecule has 0 bridgehead atoms. The first kappa shape index (κ1) is 14.9. The van der Waals surface area contributed by atoms with Crippen molar-refractivity contribution in [2.75, 3.05) is 0 Å². The number of nitrogens with one attached hydrogen (secondary N) is 1. The Morgan fingerprint density at radius 1 is 1.43 bits per heavy atom. The summed E-state index contributed by atoms with van der Waals surface area (Å²) in [5.41, 5.74) is 1.65. The standard InChI is InChI=1S/C14H12ClN3O3/c1-9-5-6-16-7-10(9)8-17-14(19)11-3-2-4-12(13(11)15)18(20)21/h2-7H,8H2,1H3,(H,17,19). The van der Waals surface area contributed by atoms with E-state index in [-0.39, 0.29) is 22.8 Å². The molecule has 1 aromatic carbocycles. The molecule has 0 aliphatic heterocycles. The monoisotopic (exact) mass is 305 g/mol. The number of hydrogen-bond donors (Lipinski definition) is 1. The highest BCUT2D eigenvalue weighted by Gasteiger charge is 2.19. The third kappa shape index (κ3) is 3.35. The van der Waals surface area contributed by atoms with Crippen molar-refractivity contribution in [3.63, 3.8) is 0 Å². The third-order valence-electron chi connectivity index (χ3n) is 3.01. The first-order valence-corrected chi connectivity index (χ1v) is 6.49. The smallest absolute Gasteiger partial charge is 0.288 e. The van der Waals surface area contributed by atoms with E-state index >= 15 is 0 Å². The SMILES string of the molecule is Cc1ccncc1CNC(=O)c1cccc([N+](=O)[O-])c1Cl. The van der Waals surface area contributed by atoms with E-state index in [2.05, 4.69) is 10.3 Å². The quantitative estimate of drug-likeness (QED) is 0.695. The predicted molar refractivity (Wildman–Crippen MR) is 78.3 cm³/mol. The molecule has 2 rings (SSSR count). The minimum absolute atomic E-state index is 0.0763. The number of aryl methyl sites for hydroxylation is 1. The first-order chi connectivity index (χ1) is 10.0. The summed E-state index contributed by atoms with van der Waals surface area (Å²) in [6.07, 6.45) is 3.32. The fraction of sp³-hybridized carbons (Fsp3) is 0.143. The molecular formula is C14H12ClN3O3. The van der Waals surface area contributed by atoms with Gasteiger partial charge in [0.05, 0.1) is 10.5 Å². The van der Waals surface area contributed by atoms with E-state index < -0.39 is 10.8 Å². The van der Waals surface area contributed by atoms with Crippen LogP contribution in [0.5, 0.6) is 0 Å². The van der Waals surface area contributed by atoms with E-state index in [9.17, 15) is 14.9 Å². The Morgan fingerprint density at radius 2 is 2.19 bits per heavy atom. The maximum atomic E-state index is 12.1. The van der Waals surface area contributed by atoms with Crippen LogP contribution in [0.15, 0.2) is 36.7 Å². The molecule has 0 saturated carbocycles. The molecule has 0 saturated heterocycles. The topological polar surface area (TPSA) is 85.1 Å². The van der Waals surface area contributed by atoms with Crippen LogP contribution in [0.2, 0.25) is 5.02 Å². The van der Waals surface area contributed by atoms with Crippen LogP contribution >= 0.6 is 11.6 Å². The molecule has 2 aromatic rings. The molecular weight excluding hydrogens is 294 g/mol. The number of benzene rings is 1. The van der Waals surface area contributed by atoms with E-state index in [4.69, 9.17) is 11.6 Å². The van der Waals surface area contributed by atoms with Crippen molar-refractivity contribution in [2.24, 2.45) is 0 Å². The minimum Gasteiger partial charge on any atom is -0.348 e. The molecule has 1 amide bonds. The van der Waals surface area contributed by atoms with Gasteiger partial charge in [0.25, 0.3) is 11.6 Å². The van der Waals surface area contributed by atoms with Crippen molar-refractivity contribution < 1.29 is 9.72 Å². The number of hydrogen-bond acceptors (Lipinski definition) is 4. The Hall–Kier alpha value is -2.47. The van der Waals surface area contributed by atoms with E-state index in [0.717, 1.165) is 11.1 Å². The summed E-state index contributed by atoms with van der Waals surface area (Å²) < 4.78 is 0. The first-order valence-electron chi connectivity index (χ1n) is 6.11. The van der Waals surface area contributed by atoms with Gasteiger partial charge < -0.3 is 5.32 Å². The number of pyridine rings is 1. The van der Waals surface area contributed by atoms with Gasteiger partial charge in [-0.15, -0.1) is 0 Å². The Bertz CT molecular complexity index is 704. The van der Waals surface area contributed by atoms with Crippen LogP contribution in [-0.4, -0.2) is 15.8 Å². The lowest BCUT2D eigenvalue weighted by atomic mass is 10.1. The van der Waals surface area contributed by atoms with Gasteiger partial charge in [-0.25, -0.2) is 0 Å². The van der Waals surface area contributed by atoms with Gasteiger partial charge in [0.15, 0.2) is 0 Å². The Morgan fingerprint density at radius 3 is 2.86 bits per heavy atom. The van der Waals surface area contributed by atoms with Crippen LogP contribution in [0, 0.1) is 17.0 Å². The van der Waals surface area contributed by atoms with Gasteiger partial charge in [0, 0.05) is 25.0 Å². The van der Waals surface area contributed by atoms with E-state index in [1.165, 1.54) is 18.2 Å². The highest BCUT2D eigenvalue weighted by molar-refractivity contribution is 6.35. The summed E-state index contributed by atoms with van der Waals surface area (Å²) in [6, 6.07) is 5.96. The molecule has 0 fully saturated rings. The molecule has 6 nitrogen and oxygen atoms in total. The molecule has 0 radical (unpaired) electrons. The summed E-state index contributed by atoms with van der Waals surface area (Å²) in [4.78, 5) is 26.3. The van der Waals surface area contributed by atoms with Crippen LogP contribution in [0.4, 0.5) is 5.69 Å². The molecule has 1 aromatic heterocycles. The van der Waals surface area contributed by atoms with Crippen molar-refractivity contribution in [1.82, 2.24) is 10.3 Å². The zero-order valence-electron chi connectivity index (χ0n) is 11.2. The number of rotatable bonds is 4. The molecule has 108 valence electrons. The lowest BCUT2D eigenvalue weighted by Gasteiger charge is -2.08. The van der Waals surface area contributed by atoms with Crippen LogP contribution in [0.3, 0.4) is 0 Å². The van der Waals surface area contributed by atoms with E-state index in [0.29, 0.717) is 0 Å². The molecule has 0 spiro atoms. The van der Waals surface area contributed by atoms with Crippen molar-refractivity contribution in [1.29, 1.82) is 0 Å². The summed E-state index contributed by atoms with van der Waals surface area (Å²) >= 11 is 5.90. The highest BCUT2D eigenvalue weighted by Crippen LogP contribution is 2.27. The van der Waals surface area contributed by atoms with Gasteiger partial charge in [-0.3, -0.25) is 19.9 Å². The molecule has 1 N–H and O–H groups in total. The number of aromatic nitrogens is 1. The minimum atomic E-state index is -0.621. The number of carbonyl (C=O) groups is 1. The largest absolute Gasteiger partial charge is 0.348 e. The van der Waals surface area contributed by atoms with Crippen LogP contribution in [0.1, 0.15) is 21.5 Å². The van der Waals surface area contributed by atoms with Crippen LogP contribution in [-0.2, 0) is 6.54 Å². The lowest BCUT2D eigenvalue weighted by Crippen LogP contribution is -2.23. The van der Waals surface area contributed by atoms with Gasteiger partial charge in [0.2, 0.25) is 0 Å². The number of nitro benzene ring substituents is 1. The molecule has 0 aliphatic carbocycles. The van der Waals surface area contributed by atoms with Crippen molar-refractivity contribution in [3.05, 3.63) is 68.5 Å². The Kier molecular flexibility index (Phi) is 4.49. The van der Waals surface area contributed by atoms with Crippen molar-refractivity contribution in [2.45, 2.75) is 13.5 Å². The number of amides is 1. The highest BCUT2D eigenvalue weighted by atomic mass is 35.5. The van der Waals surface area contributed by atoms with E-state index in [1.54, 1.807) is 12.4 Å². The molecule has 0 aliphatic rings. The summed E-state index contributed by atoms with van der Waals surface area (Å²) in [5.74, 6) is -0.466. The average molecular weight is 306 g/mol. The second-order valence-corrected chi connectivity index (χ2v) is 4.76. The van der Waals surface area contributed by atoms with Gasteiger partial charge in [0.1, 0.15) is 5.02 Å². The predicted octanol–water partition coefficient (Wildman–Crippen LogP) is 2.88. The molecule has 0 unspecified atom stereocenters. The summed E-state index contributed by atoms with van der Waals surface area (Å²) in [6.45, 7) is 2.18.